The molecule has 0 radical (unpaired) electrons. The Balaban J connectivity index is 1.87. The fourth-order valence-electron chi connectivity index (χ4n) is 4.35. The number of halogens is 1. The Labute approximate surface area is 235 Å². The van der Waals surface area contributed by atoms with Crippen LogP contribution in [0.25, 0.3) is 0 Å². The molecule has 3 aromatic rings. The van der Waals surface area contributed by atoms with Crippen LogP contribution < -0.4 is 14.4 Å². The number of ether oxygens (including phenoxy) is 1. The van der Waals surface area contributed by atoms with Crippen molar-refractivity contribution in [2.75, 3.05) is 31.3 Å². The maximum atomic E-state index is 13.7. The second-order valence-corrected chi connectivity index (χ2v) is 11.4. The predicted molar refractivity (Wildman–Crippen MR) is 154 cm³/mol. The molecule has 3 aromatic carbocycles. The predicted octanol–water partition coefficient (Wildman–Crippen LogP) is 4.28. The van der Waals surface area contributed by atoms with Crippen molar-refractivity contribution >= 4 is 39.1 Å². The summed E-state index contributed by atoms with van der Waals surface area (Å²) in [6, 6.07) is 22.7. The summed E-state index contributed by atoms with van der Waals surface area (Å²) in [5, 5.41) is 3.17. The molecule has 2 amide bonds. The first-order valence-corrected chi connectivity index (χ1v) is 14.8. The third-order valence-electron chi connectivity index (χ3n) is 6.32. The van der Waals surface area contributed by atoms with Crippen LogP contribution in [-0.4, -0.2) is 58.1 Å². The molecule has 39 heavy (non-hydrogen) atoms. The van der Waals surface area contributed by atoms with Gasteiger partial charge in [-0.3, -0.25) is 13.9 Å². The van der Waals surface area contributed by atoms with Gasteiger partial charge in [-0.2, -0.15) is 0 Å². The fraction of sp³-hybridized carbons (Fsp3) is 0.310. The van der Waals surface area contributed by atoms with Gasteiger partial charge in [0.1, 0.15) is 11.8 Å². The van der Waals surface area contributed by atoms with Crippen LogP contribution in [0.2, 0.25) is 5.02 Å². The van der Waals surface area contributed by atoms with E-state index in [1.54, 1.807) is 36.4 Å². The monoisotopic (exact) mass is 571 g/mol. The summed E-state index contributed by atoms with van der Waals surface area (Å²) in [5.74, 6) is -0.170. The number of likely N-dealkylation sites (N-methyl/N-ethyl adjacent to an activating group) is 1. The van der Waals surface area contributed by atoms with Gasteiger partial charge in [0.25, 0.3) is 0 Å². The number of anilines is 1. The van der Waals surface area contributed by atoms with E-state index in [1.165, 1.54) is 23.4 Å². The highest BCUT2D eigenvalue weighted by Crippen LogP contribution is 2.30. The molecule has 0 saturated heterocycles. The molecular formula is C29H34ClN3O5S. The molecule has 1 N–H and O–H groups in total. The molecule has 0 saturated carbocycles. The third kappa shape index (κ3) is 8.21. The Hall–Kier alpha value is -3.56. The summed E-state index contributed by atoms with van der Waals surface area (Å²) < 4.78 is 31.9. The van der Waals surface area contributed by atoms with Crippen molar-refractivity contribution in [2.45, 2.75) is 31.8 Å². The number of amides is 2. The van der Waals surface area contributed by atoms with Gasteiger partial charge in [0.05, 0.1) is 19.1 Å². The van der Waals surface area contributed by atoms with Crippen LogP contribution in [0.5, 0.6) is 5.75 Å². The van der Waals surface area contributed by atoms with Crippen LogP contribution in [0, 0.1) is 0 Å². The van der Waals surface area contributed by atoms with Crippen LogP contribution in [0.1, 0.15) is 24.0 Å². The number of para-hydroxylation sites is 2. The molecular weight excluding hydrogens is 538 g/mol. The molecule has 0 aliphatic rings. The molecule has 10 heteroatoms. The molecule has 0 aliphatic carbocycles. The number of carbonyl (C=O) groups excluding carboxylic acids is 2. The van der Waals surface area contributed by atoms with E-state index in [-0.39, 0.29) is 37.7 Å². The van der Waals surface area contributed by atoms with Crippen LogP contribution >= 0.6 is 11.6 Å². The highest BCUT2D eigenvalue weighted by Gasteiger charge is 2.30. The number of benzene rings is 3. The minimum atomic E-state index is -3.65. The fourth-order valence-corrected chi connectivity index (χ4v) is 5.51. The maximum absolute atomic E-state index is 13.7. The van der Waals surface area contributed by atoms with Gasteiger partial charge < -0.3 is 15.0 Å². The average molecular weight is 572 g/mol. The van der Waals surface area contributed by atoms with E-state index in [4.69, 9.17) is 16.3 Å². The standard InChI is InChI=1S/C29H34ClN3O5S/c1-31-29(35)26(20-22-12-5-4-6-13-22)32(21-23-14-7-8-15-24(23)30)28(34)18-11-19-33(39(3,36)37)25-16-9-10-17-27(25)38-2/h4-10,12-17,26H,11,18-21H2,1-3H3,(H,31,35). The first-order chi connectivity index (χ1) is 18.7. The van der Waals surface area contributed by atoms with Gasteiger partial charge in [0.15, 0.2) is 0 Å². The lowest BCUT2D eigenvalue weighted by atomic mass is 10.0. The van der Waals surface area contributed by atoms with Crippen molar-refractivity contribution in [3.63, 3.8) is 0 Å². The lowest BCUT2D eigenvalue weighted by Gasteiger charge is -2.32. The van der Waals surface area contributed by atoms with Gasteiger partial charge in [0.2, 0.25) is 21.8 Å². The van der Waals surface area contributed by atoms with E-state index in [1.807, 2.05) is 42.5 Å². The molecule has 0 spiro atoms. The van der Waals surface area contributed by atoms with Gasteiger partial charge in [-0.05, 0) is 35.7 Å². The molecule has 0 aromatic heterocycles. The zero-order valence-corrected chi connectivity index (χ0v) is 23.9. The molecule has 0 aliphatic heterocycles. The summed E-state index contributed by atoms with van der Waals surface area (Å²) in [6.45, 7) is 0.194. The summed E-state index contributed by atoms with van der Waals surface area (Å²) in [7, 11) is -0.640. The van der Waals surface area contributed by atoms with E-state index in [0.29, 0.717) is 28.4 Å². The average Bonchev–Trinajstić information content (AvgIpc) is 2.93. The first kappa shape index (κ1) is 30.0. The topological polar surface area (TPSA) is 96.0 Å². The smallest absolute Gasteiger partial charge is 0.242 e. The van der Waals surface area contributed by atoms with Gasteiger partial charge >= 0.3 is 0 Å². The number of rotatable bonds is 13. The summed E-state index contributed by atoms with van der Waals surface area (Å²) in [5.41, 5.74) is 2.01. The normalized spacial score (nSPS) is 11.9. The van der Waals surface area contributed by atoms with Crippen LogP contribution in [0.3, 0.4) is 0 Å². The third-order valence-corrected chi connectivity index (χ3v) is 7.87. The van der Waals surface area contributed by atoms with Crippen molar-refractivity contribution in [1.82, 2.24) is 10.2 Å². The number of carbonyl (C=O) groups is 2. The second kappa shape index (κ2) is 14.0. The lowest BCUT2D eigenvalue weighted by molar-refractivity contribution is -0.141. The molecule has 0 heterocycles. The maximum Gasteiger partial charge on any atom is 0.242 e. The molecule has 208 valence electrons. The first-order valence-electron chi connectivity index (χ1n) is 12.5. The molecule has 8 nitrogen and oxygen atoms in total. The van der Waals surface area contributed by atoms with E-state index in [9.17, 15) is 18.0 Å². The Morgan fingerprint density at radius 1 is 0.974 bits per heavy atom. The number of nitrogens with zero attached hydrogens (tertiary/aromatic N) is 2. The molecule has 0 fully saturated rings. The Morgan fingerprint density at radius 2 is 1.62 bits per heavy atom. The Bertz CT molecular complexity index is 1370. The van der Waals surface area contributed by atoms with Crippen molar-refractivity contribution in [3.8, 4) is 5.75 Å². The van der Waals surface area contributed by atoms with Crippen molar-refractivity contribution in [3.05, 3.63) is 95.0 Å². The van der Waals surface area contributed by atoms with Gasteiger partial charge in [-0.1, -0.05) is 72.3 Å². The quantitative estimate of drug-likeness (QED) is 0.330. The number of nitrogens with one attached hydrogen (secondary N) is 1. The highest BCUT2D eigenvalue weighted by molar-refractivity contribution is 7.92. The Morgan fingerprint density at radius 3 is 2.26 bits per heavy atom. The number of hydrogen-bond donors (Lipinski definition) is 1. The van der Waals surface area contributed by atoms with E-state index in [0.717, 1.165) is 11.8 Å². The Kier molecular flexibility index (Phi) is 10.8. The summed E-state index contributed by atoms with van der Waals surface area (Å²) in [4.78, 5) is 28.3. The zero-order chi connectivity index (χ0) is 28.4. The van der Waals surface area contributed by atoms with Gasteiger partial charge in [0, 0.05) is 38.0 Å². The van der Waals surface area contributed by atoms with Crippen molar-refractivity contribution in [2.24, 2.45) is 0 Å². The SMILES string of the molecule is CNC(=O)C(Cc1ccccc1)N(Cc1ccccc1Cl)C(=O)CCCN(c1ccccc1OC)S(C)(=O)=O. The van der Waals surface area contributed by atoms with Gasteiger partial charge in [-0.15, -0.1) is 0 Å². The minimum Gasteiger partial charge on any atom is -0.495 e. The molecule has 0 bridgehead atoms. The lowest BCUT2D eigenvalue weighted by Crippen LogP contribution is -2.49. The van der Waals surface area contributed by atoms with Gasteiger partial charge in [-0.25, -0.2) is 8.42 Å². The molecule has 1 atom stereocenters. The van der Waals surface area contributed by atoms with Crippen LogP contribution in [0.15, 0.2) is 78.9 Å². The van der Waals surface area contributed by atoms with Crippen molar-refractivity contribution in [1.29, 1.82) is 0 Å². The minimum absolute atomic E-state index is 0.0217. The number of hydrogen-bond acceptors (Lipinski definition) is 5. The van der Waals surface area contributed by atoms with Crippen LogP contribution in [-0.2, 0) is 32.6 Å². The number of methoxy groups -OCH3 is 1. The van der Waals surface area contributed by atoms with Crippen molar-refractivity contribution < 1.29 is 22.7 Å². The van der Waals surface area contributed by atoms with E-state index in [2.05, 4.69) is 5.32 Å². The van der Waals surface area contributed by atoms with E-state index < -0.39 is 16.1 Å². The van der Waals surface area contributed by atoms with Crippen LogP contribution in [0.4, 0.5) is 5.69 Å². The molecule has 1 unspecified atom stereocenters. The highest BCUT2D eigenvalue weighted by atomic mass is 35.5. The van der Waals surface area contributed by atoms with E-state index >= 15 is 0 Å². The molecule has 3 rings (SSSR count). The number of sulfonamides is 1. The largest absolute Gasteiger partial charge is 0.495 e. The second-order valence-electron chi connectivity index (χ2n) is 9.04. The summed E-state index contributed by atoms with van der Waals surface area (Å²) >= 11 is 6.42. The summed E-state index contributed by atoms with van der Waals surface area (Å²) in [6.07, 6.45) is 1.68. The zero-order valence-electron chi connectivity index (χ0n) is 22.3.